The van der Waals surface area contributed by atoms with Crippen molar-refractivity contribution in [1.82, 2.24) is 15.1 Å². The van der Waals surface area contributed by atoms with E-state index in [4.69, 9.17) is 4.52 Å². The normalized spacial score (nSPS) is 10.7. The van der Waals surface area contributed by atoms with Crippen LogP contribution in [0.2, 0.25) is 0 Å². The topological polar surface area (TPSA) is 80.9 Å². The van der Waals surface area contributed by atoms with Crippen molar-refractivity contribution in [3.05, 3.63) is 48.8 Å². The van der Waals surface area contributed by atoms with Gasteiger partial charge in [-0.25, -0.2) is 0 Å². The van der Waals surface area contributed by atoms with Gasteiger partial charge in [0.1, 0.15) is 0 Å². The van der Waals surface area contributed by atoms with E-state index in [1.165, 1.54) is 0 Å². The number of aromatic nitrogens is 3. The number of rotatable bonds is 4. The average molecular weight is 308 g/mol. The fraction of sp³-hybridized carbons (Fsp3) is 0.176. The number of benzene rings is 1. The minimum Gasteiger partial charge on any atom is -0.334 e. The molecule has 23 heavy (non-hydrogen) atoms. The number of pyridine rings is 1. The number of amides is 1. The molecule has 2 heterocycles. The standard InChI is InChI=1S/C17H16N4O2/c1-11(2)16(22)19-14-8-4-3-7-13(14)17-20-15(21-23-17)12-6-5-9-18-10-12/h3-11H,1-2H3,(H,19,22). The van der Waals surface area contributed by atoms with E-state index in [1.807, 2.05) is 50.2 Å². The smallest absolute Gasteiger partial charge is 0.260 e. The molecule has 0 aliphatic rings. The molecule has 0 unspecified atom stereocenters. The highest BCUT2D eigenvalue weighted by atomic mass is 16.5. The quantitative estimate of drug-likeness (QED) is 0.799. The number of nitrogens with zero attached hydrogens (tertiary/aromatic N) is 3. The van der Waals surface area contributed by atoms with Gasteiger partial charge in [-0.05, 0) is 24.3 Å². The fourth-order valence-electron chi connectivity index (χ4n) is 2.00. The number of hydrogen-bond donors (Lipinski definition) is 1. The van der Waals surface area contributed by atoms with Crippen LogP contribution in [-0.2, 0) is 4.79 Å². The molecule has 1 aromatic carbocycles. The maximum absolute atomic E-state index is 11.9. The lowest BCUT2D eigenvalue weighted by molar-refractivity contribution is -0.118. The van der Waals surface area contributed by atoms with Gasteiger partial charge in [-0.1, -0.05) is 31.1 Å². The van der Waals surface area contributed by atoms with Gasteiger partial charge in [0, 0.05) is 23.9 Å². The fourth-order valence-corrected chi connectivity index (χ4v) is 2.00. The Morgan fingerprint density at radius 2 is 2.00 bits per heavy atom. The molecular weight excluding hydrogens is 292 g/mol. The van der Waals surface area contributed by atoms with Crippen LogP contribution in [0.4, 0.5) is 5.69 Å². The van der Waals surface area contributed by atoms with E-state index >= 15 is 0 Å². The number of nitrogens with one attached hydrogen (secondary N) is 1. The van der Waals surface area contributed by atoms with Gasteiger partial charge >= 0.3 is 0 Å². The van der Waals surface area contributed by atoms with Crippen molar-refractivity contribution in [2.45, 2.75) is 13.8 Å². The summed E-state index contributed by atoms with van der Waals surface area (Å²) in [5.74, 6) is 0.628. The number of carbonyl (C=O) groups is 1. The molecule has 0 aliphatic heterocycles. The second kappa shape index (κ2) is 6.39. The number of carbonyl (C=O) groups excluding carboxylic acids is 1. The van der Waals surface area contributed by atoms with Gasteiger partial charge in [0.05, 0.1) is 11.3 Å². The van der Waals surface area contributed by atoms with Gasteiger partial charge in [0.2, 0.25) is 11.7 Å². The molecular formula is C17H16N4O2. The number of hydrogen-bond acceptors (Lipinski definition) is 5. The first-order valence-electron chi connectivity index (χ1n) is 7.29. The second-order valence-corrected chi connectivity index (χ2v) is 5.35. The summed E-state index contributed by atoms with van der Waals surface area (Å²) < 4.78 is 5.35. The monoisotopic (exact) mass is 308 g/mol. The molecule has 2 aromatic heterocycles. The lowest BCUT2D eigenvalue weighted by atomic mass is 10.1. The minimum absolute atomic E-state index is 0.0653. The van der Waals surface area contributed by atoms with Crippen LogP contribution in [-0.4, -0.2) is 21.0 Å². The molecule has 0 aliphatic carbocycles. The Kier molecular flexibility index (Phi) is 4.14. The van der Waals surface area contributed by atoms with E-state index in [9.17, 15) is 4.79 Å². The van der Waals surface area contributed by atoms with E-state index in [0.29, 0.717) is 23.0 Å². The van der Waals surface area contributed by atoms with Crippen molar-refractivity contribution >= 4 is 11.6 Å². The maximum atomic E-state index is 11.9. The second-order valence-electron chi connectivity index (χ2n) is 5.35. The van der Waals surface area contributed by atoms with E-state index < -0.39 is 0 Å². The summed E-state index contributed by atoms with van der Waals surface area (Å²) in [6.07, 6.45) is 3.35. The molecule has 0 bridgehead atoms. The first-order chi connectivity index (χ1) is 11.1. The summed E-state index contributed by atoms with van der Waals surface area (Å²) in [4.78, 5) is 20.4. The Balaban J connectivity index is 1.94. The third-order valence-electron chi connectivity index (χ3n) is 3.29. The molecule has 0 atom stereocenters. The first-order valence-corrected chi connectivity index (χ1v) is 7.29. The highest BCUT2D eigenvalue weighted by molar-refractivity contribution is 5.95. The molecule has 1 N–H and O–H groups in total. The molecule has 3 aromatic rings. The van der Waals surface area contributed by atoms with Gasteiger partial charge in [-0.2, -0.15) is 4.98 Å². The van der Waals surface area contributed by atoms with Crippen LogP contribution in [0.1, 0.15) is 13.8 Å². The Morgan fingerprint density at radius 1 is 1.17 bits per heavy atom. The van der Waals surface area contributed by atoms with Crippen LogP contribution in [0.3, 0.4) is 0 Å². The van der Waals surface area contributed by atoms with Crippen LogP contribution in [0.25, 0.3) is 22.8 Å². The summed E-state index contributed by atoms with van der Waals surface area (Å²) in [7, 11) is 0. The highest BCUT2D eigenvalue weighted by Gasteiger charge is 2.16. The summed E-state index contributed by atoms with van der Waals surface area (Å²) in [5.41, 5.74) is 2.10. The largest absolute Gasteiger partial charge is 0.334 e. The van der Waals surface area contributed by atoms with Crippen molar-refractivity contribution in [2.75, 3.05) is 5.32 Å². The molecule has 6 heteroatoms. The molecule has 116 valence electrons. The van der Waals surface area contributed by atoms with Crippen LogP contribution in [0.5, 0.6) is 0 Å². The lowest BCUT2D eigenvalue weighted by Crippen LogP contribution is -2.18. The summed E-state index contributed by atoms with van der Waals surface area (Å²) in [5, 5.41) is 6.86. The van der Waals surface area contributed by atoms with Crippen LogP contribution in [0.15, 0.2) is 53.3 Å². The summed E-state index contributed by atoms with van der Waals surface area (Å²) >= 11 is 0. The van der Waals surface area contributed by atoms with Crippen LogP contribution >= 0.6 is 0 Å². The van der Waals surface area contributed by atoms with E-state index in [0.717, 1.165) is 5.56 Å². The molecule has 0 spiro atoms. The molecule has 1 amide bonds. The predicted molar refractivity (Wildman–Crippen MR) is 86.4 cm³/mol. The first kappa shape index (κ1) is 14.9. The van der Waals surface area contributed by atoms with E-state index in [-0.39, 0.29) is 11.8 Å². The van der Waals surface area contributed by atoms with Crippen molar-refractivity contribution < 1.29 is 9.32 Å². The van der Waals surface area contributed by atoms with Gasteiger partial charge in [-0.15, -0.1) is 0 Å². The Morgan fingerprint density at radius 3 is 2.74 bits per heavy atom. The third kappa shape index (κ3) is 3.26. The number of para-hydroxylation sites is 1. The Hall–Kier alpha value is -3.02. The zero-order valence-electron chi connectivity index (χ0n) is 12.9. The zero-order valence-corrected chi connectivity index (χ0v) is 12.9. The SMILES string of the molecule is CC(C)C(=O)Nc1ccccc1-c1nc(-c2cccnc2)no1. The van der Waals surface area contributed by atoms with Crippen LogP contribution < -0.4 is 5.32 Å². The Labute approximate surface area is 133 Å². The molecule has 0 radical (unpaired) electrons. The maximum Gasteiger partial charge on any atom is 0.260 e. The summed E-state index contributed by atoms with van der Waals surface area (Å²) in [6, 6.07) is 11.0. The average Bonchev–Trinajstić information content (AvgIpc) is 3.06. The minimum atomic E-state index is -0.114. The Bertz CT molecular complexity index is 812. The van der Waals surface area contributed by atoms with Crippen LogP contribution in [0, 0.1) is 5.92 Å². The molecule has 0 fully saturated rings. The summed E-state index contributed by atoms with van der Waals surface area (Å²) in [6.45, 7) is 3.68. The van der Waals surface area contributed by atoms with Gasteiger partial charge < -0.3 is 9.84 Å². The lowest BCUT2D eigenvalue weighted by Gasteiger charge is -2.10. The van der Waals surface area contributed by atoms with Crippen molar-refractivity contribution in [3.8, 4) is 22.8 Å². The zero-order chi connectivity index (χ0) is 16.2. The number of anilines is 1. The van der Waals surface area contributed by atoms with E-state index in [2.05, 4.69) is 20.4 Å². The predicted octanol–water partition coefficient (Wildman–Crippen LogP) is 3.39. The van der Waals surface area contributed by atoms with Gasteiger partial charge in [-0.3, -0.25) is 9.78 Å². The molecule has 0 saturated carbocycles. The van der Waals surface area contributed by atoms with Crippen molar-refractivity contribution in [1.29, 1.82) is 0 Å². The van der Waals surface area contributed by atoms with E-state index in [1.54, 1.807) is 12.4 Å². The molecule has 0 saturated heterocycles. The molecule has 6 nitrogen and oxygen atoms in total. The van der Waals surface area contributed by atoms with Gasteiger partial charge in [0.25, 0.3) is 5.89 Å². The molecule has 3 rings (SSSR count). The van der Waals surface area contributed by atoms with Gasteiger partial charge in [0.15, 0.2) is 0 Å². The van der Waals surface area contributed by atoms with Crippen molar-refractivity contribution in [3.63, 3.8) is 0 Å². The third-order valence-corrected chi connectivity index (χ3v) is 3.29. The van der Waals surface area contributed by atoms with Crippen molar-refractivity contribution in [2.24, 2.45) is 5.92 Å². The highest BCUT2D eigenvalue weighted by Crippen LogP contribution is 2.28.